The fourth-order valence-corrected chi connectivity index (χ4v) is 4.49. The van der Waals surface area contributed by atoms with E-state index in [1.165, 1.54) is 24.8 Å². The SMILES string of the molecule is COc1cccc(OC[C@H]2C3CCC(C3)N2Cc2cnc(C(C)C)nc2)c1. The van der Waals surface area contributed by atoms with Crippen molar-refractivity contribution in [1.82, 2.24) is 14.9 Å². The van der Waals surface area contributed by atoms with E-state index in [2.05, 4.69) is 28.7 Å². The van der Waals surface area contributed by atoms with Gasteiger partial charge in [-0.05, 0) is 37.3 Å². The molecule has 0 amide bonds. The molecule has 2 aliphatic rings. The van der Waals surface area contributed by atoms with E-state index in [0.29, 0.717) is 18.0 Å². The van der Waals surface area contributed by atoms with Gasteiger partial charge in [-0.25, -0.2) is 9.97 Å². The van der Waals surface area contributed by atoms with Gasteiger partial charge in [-0.2, -0.15) is 0 Å². The molecule has 2 fully saturated rings. The average molecular weight is 367 g/mol. The first-order chi connectivity index (χ1) is 13.1. The molecule has 144 valence electrons. The maximum Gasteiger partial charge on any atom is 0.130 e. The molecule has 5 heteroatoms. The molecule has 3 atom stereocenters. The lowest BCUT2D eigenvalue weighted by molar-refractivity contribution is 0.0864. The number of aromatic nitrogens is 2. The molecule has 0 spiro atoms. The molecule has 1 aliphatic carbocycles. The van der Waals surface area contributed by atoms with Crippen molar-refractivity contribution < 1.29 is 9.47 Å². The molecule has 1 aromatic carbocycles. The number of piperidine rings is 1. The Morgan fingerprint density at radius 2 is 1.93 bits per heavy atom. The second-order valence-corrected chi connectivity index (χ2v) is 8.06. The van der Waals surface area contributed by atoms with Crippen LogP contribution in [-0.2, 0) is 6.54 Å². The van der Waals surface area contributed by atoms with E-state index in [1.54, 1.807) is 7.11 Å². The summed E-state index contributed by atoms with van der Waals surface area (Å²) in [7, 11) is 1.68. The minimum Gasteiger partial charge on any atom is -0.497 e. The van der Waals surface area contributed by atoms with Crippen molar-refractivity contribution in [3.8, 4) is 11.5 Å². The van der Waals surface area contributed by atoms with Crippen LogP contribution in [-0.4, -0.2) is 40.7 Å². The number of methoxy groups -OCH3 is 1. The van der Waals surface area contributed by atoms with Crippen LogP contribution in [0.4, 0.5) is 0 Å². The van der Waals surface area contributed by atoms with Gasteiger partial charge >= 0.3 is 0 Å². The largest absolute Gasteiger partial charge is 0.497 e. The second kappa shape index (κ2) is 7.85. The van der Waals surface area contributed by atoms with Crippen LogP contribution < -0.4 is 9.47 Å². The molecule has 1 aromatic heterocycles. The summed E-state index contributed by atoms with van der Waals surface area (Å²) >= 11 is 0. The van der Waals surface area contributed by atoms with Gasteiger partial charge in [0.05, 0.1) is 7.11 Å². The standard InChI is InChI=1S/C22H29N3O2/c1-15(2)22-23-11-16(12-24-22)13-25-18-8-7-17(9-18)21(25)14-27-20-6-4-5-19(10-20)26-3/h4-6,10-12,15,17-18,21H,7-9,13-14H2,1-3H3/t17?,18?,21-/m0/s1. The van der Waals surface area contributed by atoms with Crippen LogP contribution in [0.15, 0.2) is 36.7 Å². The summed E-state index contributed by atoms with van der Waals surface area (Å²) in [6.45, 7) is 5.88. The molecular formula is C22H29N3O2. The summed E-state index contributed by atoms with van der Waals surface area (Å²) in [5, 5.41) is 0. The normalized spacial score (nSPS) is 24.5. The summed E-state index contributed by atoms with van der Waals surface area (Å²) in [6.07, 6.45) is 7.89. The monoisotopic (exact) mass is 367 g/mol. The van der Waals surface area contributed by atoms with Crippen molar-refractivity contribution in [1.29, 1.82) is 0 Å². The molecule has 0 N–H and O–H groups in total. The molecule has 1 saturated heterocycles. The van der Waals surface area contributed by atoms with Gasteiger partial charge in [0.25, 0.3) is 0 Å². The number of hydrogen-bond acceptors (Lipinski definition) is 5. The number of benzene rings is 1. The Kier molecular flexibility index (Phi) is 5.30. The Labute approximate surface area is 161 Å². The molecule has 4 rings (SSSR count). The van der Waals surface area contributed by atoms with E-state index in [0.717, 1.165) is 36.4 Å². The van der Waals surface area contributed by atoms with Crippen LogP contribution in [0.2, 0.25) is 0 Å². The predicted molar refractivity (Wildman–Crippen MR) is 105 cm³/mol. The van der Waals surface area contributed by atoms with Gasteiger partial charge < -0.3 is 9.47 Å². The summed E-state index contributed by atoms with van der Waals surface area (Å²) in [4.78, 5) is 11.7. The predicted octanol–water partition coefficient (Wildman–Crippen LogP) is 4.04. The Balaban J connectivity index is 1.43. The lowest BCUT2D eigenvalue weighted by atomic mass is 9.99. The van der Waals surface area contributed by atoms with Gasteiger partial charge in [-0.15, -0.1) is 0 Å². The van der Waals surface area contributed by atoms with Crippen LogP contribution in [0, 0.1) is 5.92 Å². The highest BCUT2D eigenvalue weighted by Crippen LogP contribution is 2.43. The number of likely N-dealkylation sites (tertiary alicyclic amines) is 1. The van der Waals surface area contributed by atoms with Gasteiger partial charge in [0.2, 0.25) is 0 Å². The van der Waals surface area contributed by atoms with E-state index >= 15 is 0 Å². The van der Waals surface area contributed by atoms with E-state index in [9.17, 15) is 0 Å². The van der Waals surface area contributed by atoms with Gasteiger partial charge in [-0.3, -0.25) is 4.90 Å². The third-order valence-electron chi connectivity index (χ3n) is 5.95. The molecule has 2 heterocycles. The molecule has 1 aliphatic heterocycles. The topological polar surface area (TPSA) is 47.5 Å². The maximum atomic E-state index is 6.15. The van der Waals surface area contributed by atoms with Crippen LogP contribution >= 0.6 is 0 Å². The van der Waals surface area contributed by atoms with Gasteiger partial charge in [-0.1, -0.05) is 19.9 Å². The summed E-state index contributed by atoms with van der Waals surface area (Å²) < 4.78 is 11.4. The lowest BCUT2D eigenvalue weighted by Crippen LogP contribution is -2.43. The maximum absolute atomic E-state index is 6.15. The first kappa shape index (κ1) is 18.2. The van der Waals surface area contributed by atoms with Crippen LogP contribution in [0.25, 0.3) is 0 Å². The number of nitrogens with zero attached hydrogens (tertiary/aromatic N) is 3. The van der Waals surface area contributed by atoms with Crippen molar-refractivity contribution in [3.63, 3.8) is 0 Å². The fourth-order valence-electron chi connectivity index (χ4n) is 4.49. The van der Waals surface area contributed by atoms with Gasteiger partial charge in [0, 0.05) is 48.6 Å². The Morgan fingerprint density at radius 1 is 1.15 bits per heavy atom. The van der Waals surface area contributed by atoms with E-state index in [1.807, 2.05) is 36.7 Å². The quantitative estimate of drug-likeness (QED) is 0.739. The molecule has 1 saturated carbocycles. The third kappa shape index (κ3) is 3.93. The zero-order valence-electron chi connectivity index (χ0n) is 16.5. The van der Waals surface area contributed by atoms with Crippen LogP contribution in [0.3, 0.4) is 0 Å². The minimum atomic E-state index is 0.367. The molecule has 2 bridgehead atoms. The zero-order valence-corrected chi connectivity index (χ0v) is 16.5. The Bertz CT molecular complexity index is 762. The highest BCUT2D eigenvalue weighted by Gasteiger charge is 2.45. The van der Waals surface area contributed by atoms with Crippen molar-refractivity contribution in [2.75, 3.05) is 13.7 Å². The molecule has 0 radical (unpaired) electrons. The van der Waals surface area contributed by atoms with Crippen molar-refractivity contribution >= 4 is 0 Å². The number of rotatable bonds is 7. The fraction of sp³-hybridized carbons (Fsp3) is 0.545. The molecule has 2 unspecified atom stereocenters. The highest BCUT2D eigenvalue weighted by atomic mass is 16.5. The highest BCUT2D eigenvalue weighted by molar-refractivity contribution is 5.32. The van der Waals surface area contributed by atoms with E-state index < -0.39 is 0 Å². The zero-order chi connectivity index (χ0) is 18.8. The number of ether oxygens (including phenoxy) is 2. The van der Waals surface area contributed by atoms with Crippen LogP contribution in [0.5, 0.6) is 11.5 Å². The molecule has 5 nitrogen and oxygen atoms in total. The Morgan fingerprint density at radius 3 is 2.67 bits per heavy atom. The van der Waals surface area contributed by atoms with Crippen molar-refractivity contribution in [3.05, 3.63) is 48.0 Å². The minimum absolute atomic E-state index is 0.367. The summed E-state index contributed by atoms with van der Waals surface area (Å²) in [5.74, 6) is 3.73. The molecule has 2 aromatic rings. The van der Waals surface area contributed by atoms with Gasteiger partial charge in [0.15, 0.2) is 0 Å². The number of fused-ring (bicyclic) bond motifs is 2. The summed E-state index contributed by atoms with van der Waals surface area (Å²) in [6, 6.07) is 8.99. The van der Waals surface area contributed by atoms with E-state index in [4.69, 9.17) is 9.47 Å². The second-order valence-electron chi connectivity index (χ2n) is 8.06. The van der Waals surface area contributed by atoms with Crippen molar-refractivity contribution in [2.24, 2.45) is 5.92 Å². The first-order valence-electron chi connectivity index (χ1n) is 9.97. The summed E-state index contributed by atoms with van der Waals surface area (Å²) in [5.41, 5.74) is 1.19. The smallest absolute Gasteiger partial charge is 0.130 e. The average Bonchev–Trinajstić information content (AvgIpc) is 3.29. The van der Waals surface area contributed by atoms with Crippen LogP contribution in [0.1, 0.15) is 50.4 Å². The molecular weight excluding hydrogens is 338 g/mol. The third-order valence-corrected chi connectivity index (χ3v) is 5.95. The molecule has 27 heavy (non-hydrogen) atoms. The van der Waals surface area contributed by atoms with Gasteiger partial charge in [0.1, 0.15) is 23.9 Å². The number of hydrogen-bond donors (Lipinski definition) is 0. The Hall–Kier alpha value is -2.14. The first-order valence-corrected chi connectivity index (χ1v) is 9.97. The van der Waals surface area contributed by atoms with Crippen molar-refractivity contribution in [2.45, 2.75) is 57.7 Å². The lowest BCUT2D eigenvalue weighted by Gasteiger charge is -2.35. The van der Waals surface area contributed by atoms with E-state index in [-0.39, 0.29) is 0 Å².